The maximum Gasteiger partial charge on any atom is 0.341 e. The van der Waals surface area contributed by atoms with Gasteiger partial charge in [-0.15, -0.1) is 11.3 Å². The molecule has 0 radical (unpaired) electrons. The smallest absolute Gasteiger partial charge is 0.341 e. The van der Waals surface area contributed by atoms with Crippen LogP contribution in [0.5, 0.6) is 5.75 Å². The minimum absolute atomic E-state index is 0.0544. The van der Waals surface area contributed by atoms with Crippen molar-refractivity contribution in [2.45, 2.75) is 20.8 Å². The number of esters is 1. The van der Waals surface area contributed by atoms with E-state index in [1.54, 1.807) is 26.0 Å². The number of amides is 1. The van der Waals surface area contributed by atoms with Crippen molar-refractivity contribution in [3.63, 3.8) is 0 Å². The average molecular weight is 449 g/mol. The SMILES string of the molecule is CCOC(=O)c1c(NC(=O)C(C#N)=Cc2ccc(O)c(Br)c2)sc(C)c1C. The molecule has 0 saturated heterocycles. The molecule has 0 aliphatic heterocycles. The number of hydrogen-bond acceptors (Lipinski definition) is 6. The van der Waals surface area contributed by atoms with Crippen molar-refractivity contribution in [3.8, 4) is 11.8 Å². The number of aryl methyl sites for hydroxylation is 1. The van der Waals surface area contributed by atoms with Crippen LogP contribution >= 0.6 is 27.3 Å². The molecule has 1 heterocycles. The van der Waals surface area contributed by atoms with Gasteiger partial charge in [0, 0.05) is 4.88 Å². The summed E-state index contributed by atoms with van der Waals surface area (Å²) in [6.45, 7) is 5.55. The van der Waals surface area contributed by atoms with Gasteiger partial charge in [-0.05, 0) is 66.0 Å². The lowest BCUT2D eigenvalue weighted by molar-refractivity contribution is -0.112. The molecule has 0 saturated carbocycles. The van der Waals surface area contributed by atoms with Gasteiger partial charge in [0.2, 0.25) is 0 Å². The monoisotopic (exact) mass is 448 g/mol. The Bertz CT molecular complexity index is 973. The molecule has 0 bridgehead atoms. The summed E-state index contributed by atoms with van der Waals surface area (Å²) in [4.78, 5) is 25.6. The number of phenolic OH excluding ortho intramolecular Hbond substituents is 1. The Morgan fingerprint density at radius 1 is 1.41 bits per heavy atom. The molecule has 1 amide bonds. The van der Waals surface area contributed by atoms with Gasteiger partial charge in [0.25, 0.3) is 5.91 Å². The Hall–Kier alpha value is -2.63. The summed E-state index contributed by atoms with van der Waals surface area (Å²) < 4.78 is 5.51. The normalized spacial score (nSPS) is 11.0. The first-order valence-corrected chi connectivity index (χ1v) is 9.58. The number of thiophene rings is 1. The molecule has 140 valence electrons. The highest BCUT2D eigenvalue weighted by molar-refractivity contribution is 9.10. The lowest BCUT2D eigenvalue weighted by Gasteiger charge is -2.07. The van der Waals surface area contributed by atoms with Crippen molar-refractivity contribution >= 4 is 50.2 Å². The average Bonchev–Trinajstić information content (AvgIpc) is 2.89. The van der Waals surface area contributed by atoms with E-state index in [0.29, 0.717) is 20.6 Å². The fourth-order valence-electron chi connectivity index (χ4n) is 2.26. The highest BCUT2D eigenvalue weighted by atomic mass is 79.9. The largest absolute Gasteiger partial charge is 0.507 e. The minimum Gasteiger partial charge on any atom is -0.507 e. The Morgan fingerprint density at radius 3 is 2.70 bits per heavy atom. The van der Waals surface area contributed by atoms with Crippen molar-refractivity contribution in [1.82, 2.24) is 0 Å². The highest BCUT2D eigenvalue weighted by Gasteiger charge is 2.23. The van der Waals surface area contributed by atoms with Crippen LogP contribution in [-0.2, 0) is 9.53 Å². The summed E-state index contributed by atoms with van der Waals surface area (Å²) in [5.74, 6) is -1.09. The van der Waals surface area contributed by atoms with Crippen LogP contribution in [0, 0.1) is 25.2 Å². The fraction of sp³-hybridized carbons (Fsp3) is 0.211. The highest BCUT2D eigenvalue weighted by Crippen LogP contribution is 2.33. The van der Waals surface area contributed by atoms with Gasteiger partial charge in [-0.1, -0.05) is 6.07 Å². The van der Waals surface area contributed by atoms with E-state index in [4.69, 9.17) is 4.74 Å². The van der Waals surface area contributed by atoms with Gasteiger partial charge in [0.1, 0.15) is 22.4 Å². The summed E-state index contributed by atoms with van der Waals surface area (Å²) in [6.07, 6.45) is 1.40. The number of carbonyl (C=O) groups is 2. The lowest BCUT2D eigenvalue weighted by Crippen LogP contribution is -2.16. The molecule has 0 unspecified atom stereocenters. The number of hydrogen-bond donors (Lipinski definition) is 2. The summed E-state index contributed by atoms with van der Waals surface area (Å²) in [5, 5.41) is 21.9. The molecule has 27 heavy (non-hydrogen) atoms. The van der Waals surface area contributed by atoms with Gasteiger partial charge in [0.05, 0.1) is 16.6 Å². The Kier molecular flexibility index (Phi) is 6.77. The van der Waals surface area contributed by atoms with Crippen LogP contribution in [-0.4, -0.2) is 23.6 Å². The van der Waals surface area contributed by atoms with Crippen LogP contribution in [0.4, 0.5) is 5.00 Å². The maximum absolute atomic E-state index is 12.5. The molecule has 2 rings (SSSR count). The molecule has 2 aromatic rings. The fourth-order valence-corrected chi connectivity index (χ4v) is 3.70. The van der Waals surface area contributed by atoms with Crippen molar-refractivity contribution in [2.75, 3.05) is 11.9 Å². The Balaban J connectivity index is 2.34. The van der Waals surface area contributed by atoms with Crippen LogP contribution in [0.25, 0.3) is 6.08 Å². The lowest BCUT2D eigenvalue weighted by atomic mass is 10.1. The topological polar surface area (TPSA) is 99.4 Å². The van der Waals surface area contributed by atoms with E-state index >= 15 is 0 Å². The van der Waals surface area contributed by atoms with Crippen LogP contribution in [0.2, 0.25) is 0 Å². The summed E-state index contributed by atoms with van der Waals surface area (Å²) in [6, 6.07) is 6.48. The maximum atomic E-state index is 12.5. The zero-order valence-corrected chi connectivity index (χ0v) is 17.3. The number of halogens is 1. The van der Waals surface area contributed by atoms with Crippen LogP contribution in [0.15, 0.2) is 28.2 Å². The standard InChI is InChI=1S/C19H17BrN2O4S/c1-4-26-19(25)16-10(2)11(3)27-18(16)22-17(24)13(9-21)7-12-5-6-15(23)14(20)8-12/h5-8,23H,4H2,1-3H3,(H,22,24). The van der Waals surface area contributed by atoms with Crippen molar-refractivity contribution in [1.29, 1.82) is 5.26 Å². The van der Waals surface area contributed by atoms with E-state index in [1.165, 1.54) is 23.5 Å². The van der Waals surface area contributed by atoms with Crippen LogP contribution in [0.3, 0.4) is 0 Å². The van der Waals surface area contributed by atoms with E-state index in [9.17, 15) is 20.0 Å². The second kappa shape index (κ2) is 8.84. The number of rotatable bonds is 5. The number of nitrogens with zero attached hydrogens (tertiary/aromatic N) is 1. The van der Waals surface area contributed by atoms with Crippen molar-refractivity contribution < 1.29 is 19.4 Å². The molecule has 1 aromatic heterocycles. The zero-order chi connectivity index (χ0) is 20.1. The van der Waals surface area contributed by atoms with Crippen LogP contribution in [0.1, 0.15) is 33.3 Å². The third-order valence-corrected chi connectivity index (χ3v) is 5.50. The predicted octanol–water partition coefficient (Wildman–Crippen LogP) is 4.56. The molecule has 0 aliphatic rings. The molecular weight excluding hydrogens is 432 g/mol. The number of benzene rings is 1. The number of ether oxygens (including phenoxy) is 1. The molecular formula is C19H17BrN2O4S. The molecule has 1 aromatic carbocycles. The van der Waals surface area contributed by atoms with Gasteiger partial charge in [-0.25, -0.2) is 4.79 Å². The molecule has 0 fully saturated rings. The molecule has 0 atom stereocenters. The van der Waals surface area contributed by atoms with Crippen molar-refractivity contribution in [3.05, 3.63) is 49.8 Å². The van der Waals surface area contributed by atoms with Gasteiger partial charge < -0.3 is 15.2 Å². The second-order valence-corrected chi connectivity index (χ2v) is 7.62. The van der Waals surface area contributed by atoms with E-state index in [-0.39, 0.29) is 17.9 Å². The van der Waals surface area contributed by atoms with E-state index < -0.39 is 11.9 Å². The van der Waals surface area contributed by atoms with Gasteiger partial charge in [0.15, 0.2) is 0 Å². The van der Waals surface area contributed by atoms with Gasteiger partial charge in [-0.3, -0.25) is 4.79 Å². The van der Waals surface area contributed by atoms with E-state index in [0.717, 1.165) is 10.4 Å². The number of phenols is 1. The zero-order valence-electron chi connectivity index (χ0n) is 14.9. The van der Waals surface area contributed by atoms with Crippen LogP contribution < -0.4 is 5.32 Å². The first-order chi connectivity index (χ1) is 12.8. The molecule has 6 nitrogen and oxygen atoms in total. The third-order valence-electron chi connectivity index (χ3n) is 3.74. The number of nitriles is 1. The molecule has 0 aliphatic carbocycles. The minimum atomic E-state index is -0.631. The third kappa shape index (κ3) is 4.76. The quantitative estimate of drug-likeness (QED) is 0.396. The summed E-state index contributed by atoms with van der Waals surface area (Å²) >= 11 is 4.44. The molecule has 2 N–H and O–H groups in total. The number of aromatic hydroxyl groups is 1. The van der Waals surface area contributed by atoms with Gasteiger partial charge >= 0.3 is 5.97 Å². The Labute approximate surface area is 169 Å². The first kappa shape index (κ1) is 20.7. The number of nitrogens with one attached hydrogen (secondary N) is 1. The second-order valence-electron chi connectivity index (χ2n) is 5.54. The first-order valence-electron chi connectivity index (χ1n) is 7.97. The molecule has 0 spiro atoms. The van der Waals surface area contributed by atoms with Gasteiger partial charge in [-0.2, -0.15) is 5.26 Å². The van der Waals surface area contributed by atoms with E-state index in [1.807, 2.05) is 13.0 Å². The van der Waals surface area contributed by atoms with Crippen molar-refractivity contribution in [2.24, 2.45) is 0 Å². The Morgan fingerprint density at radius 2 is 2.11 bits per heavy atom. The predicted molar refractivity (Wildman–Crippen MR) is 108 cm³/mol. The molecule has 8 heteroatoms. The summed E-state index contributed by atoms with van der Waals surface area (Å²) in [5.41, 5.74) is 1.47. The summed E-state index contributed by atoms with van der Waals surface area (Å²) in [7, 11) is 0. The number of carbonyl (C=O) groups excluding carboxylic acids is 2. The number of anilines is 1. The van der Waals surface area contributed by atoms with E-state index in [2.05, 4.69) is 21.2 Å².